The van der Waals surface area contributed by atoms with Crippen LogP contribution in [0.25, 0.3) is 11.5 Å². The number of aryl methyl sites for hydroxylation is 1. The van der Waals surface area contributed by atoms with E-state index in [1.807, 2.05) is 0 Å². The fourth-order valence-corrected chi connectivity index (χ4v) is 2.23. The van der Waals surface area contributed by atoms with E-state index in [1.165, 1.54) is 12.1 Å². The summed E-state index contributed by atoms with van der Waals surface area (Å²) in [7, 11) is 0. The predicted octanol–water partition coefficient (Wildman–Crippen LogP) is 3.95. The first-order chi connectivity index (χ1) is 12.4. The van der Waals surface area contributed by atoms with Crippen molar-refractivity contribution >= 4 is 5.82 Å². The van der Waals surface area contributed by atoms with Crippen molar-refractivity contribution in [3.05, 3.63) is 54.0 Å². The Morgan fingerprint density at radius 3 is 2.77 bits per heavy atom. The van der Waals surface area contributed by atoms with E-state index in [4.69, 9.17) is 9.26 Å². The molecule has 0 aliphatic rings. The second-order valence-corrected chi connectivity index (χ2v) is 5.35. The van der Waals surface area contributed by atoms with Gasteiger partial charge in [-0.05, 0) is 37.3 Å². The van der Waals surface area contributed by atoms with Crippen LogP contribution in [-0.2, 0) is 6.18 Å². The van der Waals surface area contributed by atoms with Gasteiger partial charge in [0, 0.05) is 6.20 Å². The molecular weight excluding hydrogens is 349 g/mol. The van der Waals surface area contributed by atoms with Crippen LogP contribution in [0.4, 0.5) is 19.0 Å². The fourth-order valence-electron chi connectivity index (χ4n) is 2.23. The van der Waals surface area contributed by atoms with Gasteiger partial charge in [-0.3, -0.25) is 0 Å². The maximum Gasteiger partial charge on any atom is 0.416 e. The van der Waals surface area contributed by atoms with Crippen LogP contribution >= 0.6 is 0 Å². The molecule has 9 heteroatoms. The average Bonchev–Trinajstić information content (AvgIpc) is 3.05. The molecule has 1 N–H and O–H groups in total. The fraction of sp³-hybridized carbons (Fsp3) is 0.235. The first-order valence-electron chi connectivity index (χ1n) is 7.73. The van der Waals surface area contributed by atoms with Crippen LogP contribution in [0.3, 0.4) is 0 Å². The summed E-state index contributed by atoms with van der Waals surface area (Å²) < 4.78 is 48.6. The van der Waals surface area contributed by atoms with Gasteiger partial charge in [0.2, 0.25) is 0 Å². The number of nitrogens with zero attached hydrogens (tertiary/aromatic N) is 3. The van der Waals surface area contributed by atoms with Gasteiger partial charge in [0.05, 0.1) is 17.7 Å². The lowest BCUT2D eigenvalue weighted by atomic mass is 10.2. The van der Waals surface area contributed by atoms with Crippen molar-refractivity contribution in [2.75, 3.05) is 18.5 Å². The number of pyridine rings is 1. The molecule has 2 aromatic heterocycles. The summed E-state index contributed by atoms with van der Waals surface area (Å²) in [5.74, 6) is 1.50. The van der Waals surface area contributed by atoms with Crippen molar-refractivity contribution < 1.29 is 22.4 Å². The SMILES string of the molecule is Cc1noc(-c2cccnc2NCCOc2cccc(C(F)(F)F)c2)n1. The monoisotopic (exact) mass is 364 g/mol. The normalized spacial score (nSPS) is 11.4. The van der Waals surface area contributed by atoms with Gasteiger partial charge >= 0.3 is 6.18 Å². The zero-order valence-electron chi connectivity index (χ0n) is 13.7. The lowest BCUT2D eigenvalue weighted by Gasteiger charge is -2.11. The summed E-state index contributed by atoms with van der Waals surface area (Å²) in [6.45, 7) is 2.19. The summed E-state index contributed by atoms with van der Waals surface area (Å²) >= 11 is 0. The molecule has 0 unspecified atom stereocenters. The third-order valence-corrected chi connectivity index (χ3v) is 3.39. The Morgan fingerprint density at radius 2 is 2.04 bits per heavy atom. The lowest BCUT2D eigenvalue weighted by molar-refractivity contribution is -0.137. The summed E-state index contributed by atoms with van der Waals surface area (Å²) in [5.41, 5.74) is -0.117. The van der Waals surface area contributed by atoms with E-state index in [0.29, 0.717) is 29.6 Å². The third-order valence-electron chi connectivity index (χ3n) is 3.39. The zero-order valence-corrected chi connectivity index (χ0v) is 13.7. The van der Waals surface area contributed by atoms with Gasteiger partial charge in [0.25, 0.3) is 5.89 Å². The van der Waals surface area contributed by atoms with E-state index in [2.05, 4.69) is 20.4 Å². The first kappa shape index (κ1) is 17.7. The molecule has 0 atom stereocenters. The predicted molar refractivity (Wildman–Crippen MR) is 87.7 cm³/mol. The molecule has 26 heavy (non-hydrogen) atoms. The Bertz CT molecular complexity index is 880. The second-order valence-electron chi connectivity index (χ2n) is 5.35. The highest BCUT2D eigenvalue weighted by molar-refractivity contribution is 5.68. The van der Waals surface area contributed by atoms with Gasteiger partial charge in [0.15, 0.2) is 5.82 Å². The van der Waals surface area contributed by atoms with E-state index >= 15 is 0 Å². The number of halogens is 3. The van der Waals surface area contributed by atoms with Crippen LogP contribution in [0.5, 0.6) is 5.75 Å². The number of anilines is 1. The molecule has 0 aliphatic heterocycles. The van der Waals surface area contributed by atoms with Gasteiger partial charge in [-0.15, -0.1) is 0 Å². The molecule has 1 aromatic carbocycles. The number of alkyl halides is 3. The highest BCUT2D eigenvalue weighted by atomic mass is 19.4. The number of ether oxygens (including phenoxy) is 1. The highest BCUT2D eigenvalue weighted by Crippen LogP contribution is 2.31. The number of aromatic nitrogens is 3. The molecule has 3 aromatic rings. The minimum atomic E-state index is -4.40. The van der Waals surface area contributed by atoms with Crippen LogP contribution < -0.4 is 10.1 Å². The minimum absolute atomic E-state index is 0.149. The molecule has 2 heterocycles. The Morgan fingerprint density at radius 1 is 1.19 bits per heavy atom. The highest BCUT2D eigenvalue weighted by Gasteiger charge is 2.30. The van der Waals surface area contributed by atoms with Crippen molar-refractivity contribution in [3.8, 4) is 17.2 Å². The molecule has 0 aliphatic carbocycles. The second kappa shape index (κ2) is 7.42. The van der Waals surface area contributed by atoms with E-state index in [1.54, 1.807) is 25.3 Å². The van der Waals surface area contributed by atoms with Crippen molar-refractivity contribution in [2.45, 2.75) is 13.1 Å². The van der Waals surface area contributed by atoms with Gasteiger partial charge in [-0.25, -0.2) is 4.98 Å². The molecule has 0 saturated carbocycles. The van der Waals surface area contributed by atoms with Gasteiger partial charge < -0.3 is 14.6 Å². The Labute approximate surface area is 147 Å². The third kappa shape index (κ3) is 4.29. The minimum Gasteiger partial charge on any atom is -0.492 e. The maximum atomic E-state index is 12.7. The molecule has 136 valence electrons. The molecule has 0 saturated heterocycles. The number of rotatable bonds is 6. The van der Waals surface area contributed by atoms with Gasteiger partial charge in [-0.2, -0.15) is 18.2 Å². The van der Waals surface area contributed by atoms with Crippen LogP contribution in [0.2, 0.25) is 0 Å². The molecule has 0 fully saturated rings. The Kier molecular flexibility index (Phi) is 5.06. The van der Waals surface area contributed by atoms with Crippen LogP contribution in [0.1, 0.15) is 11.4 Å². The molecule has 6 nitrogen and oxygen atoms in total. The molecule has 3 rings (SSSR count). The molecule has 0 spiro atoms. The van der Waals surface area contributed by atoms with Crippen LogP contribution in [-0.4, -0.2) is 28.3 Å². The molecular formula is C17H15F3N4O2. The number of hydrogen-bond donors (Lipinski definition) is 1. The van der Waals surface area contributed by atoms with Crippen molar-refractivity contribution in [3.63, 3.8) is 0 Å². The lowest BCUT2D eigenvalue weighted by Crippen LogP contribution is -2.13. The maximum absolute atomic E-state index is 12.7. The van der Waals surface area contributed by atoms with E-state index < -0.39 is 11.7 Å². The number of benzene rings is 1. The summed E-state index contributed by atoms with van der Waals surface area (Å²) in [6, 6.07) is 8.25. The summed E-state index contributed by atoms with van der Waals surface area (Å²) in [4.78, 5) is 8.37. The van der Waals surface area contributed by atoms with Crippen molar-refractivity contribution in [1.82, 2.24) is 15.1 Å². The molecule has 0 amide bonds. The zero-order chi connectivity index (χ0) is 18.6. The molecule has 0 radical (unpaired) electrons. The van der Waals surface area contributed by atoms with E-state index in [9.17, 15) is 13.2 Å². The van der Waals surface area contributed by atoms with Crippen molar-refractivity contribution in [1.29, 1.82) is 0 Å². The average molecular weight is 364 g/mol. The van der Waals surface area contributed by atoms with Gasteiger partial charge in [-0.1, -0.05) is 11.2 Å². The van der Waals surface area contributed by atoms with Crippen LogP contribution in [0.15, 0.2) is 47.1 Å². The van der Waals surface area contributed by atoms with Crippen LogP contribution in [0, 0.1) is 6.92 Å². The number of hydrogen-bond acceptors (Lipinski definition) is 6. The van der Waals surface area contributed by atoms with E-state index in [0.717, 1.165) is 12.1 Å². The van der Waals surface area contributed by atoms with Gasteiger partial charge in [0.1, 0.15) is 18.2 Å². The summed E-state index contributed by atoms with van der Waals surface area (Å²) in [6.07, 6.45) is -2.80. The van der Waals surface area contributed by atoms with E-state index in [-0.39, 0.29) is 12.4 Å². The Hall–Kier alpha value is -3.10. The first-order valence-corrected chi connectivity index (χ1v) is 7.73. The topological polar surface area (TPSA) is 73.1 Å². The standard InChI is InChI=1S/C17H15F3N4O2/c1-11-23-16(26-24-11)14-6-3-7-21-15(14)22-8-9-25-13-5-2-4-12(10-13)17(18,19)20/h2-7,10H,8-9H2,1H3,(H,21,22). The number of nitrogens with one attached hydrogen (secondary N) is 1. The molecule has 0 bridgehead atoms. The largest absolute Gasteiger partial charge is 0.492 e. The smallest absolute Gasteiger partial charge is 0.416 e. The van der Waals surface area contributed by atoms with Crippen molar-refractivity contribution in [2.24, 2.45) is 0 Å². The quantitative estimate of drug-likeness (QED) is 0.668. The summed E-state index contributed by atoms with van der Waals surface area (Å²) in [5, 5.41) is 6.79. The Balaban J connectivity index is 1.60.